The molecule has 0 atom stereocenters. The number of aromatic nitrogens is 4. The number of hydrogen-bond acceptors (Lipinski definition) is 6. The van der Waals surface area contributed by atoms with Crippen LogP contribution in [0.15, 0.2) is 41.2 Å². The Morgan fingerprint density at radius 3 is 2.80 bits per heavy atom. The quantitative estimate of drug-likeness (QED) is 0.738. The fraction of sp³-hybridized carbons (Fsp3) is 0.188. The summed E-state index contributed by atoms with van der Waals surface area (Å²) in [6.07, 6.45) is 0. The summed E-state index contributed by atoms with van der Waals surface area (Å²) in [5, 5.41) is 17.0. The monoisotopic (exact) mass is 375 g/mol. The largest absolute Gasteiger partial charge is 0.355 e. The molecule has 0 fully saturated rings. The average molecular weight is 376 g/mol. The van der Waals surface area contributed by atoms with Gasteiger partial charge in [0.05, 0.1) is 0 Å². The molecule has 0 saturated heterocycles. The molecule has 25 heavy (non-hydrogen) atoms. The Hall–Kier alpha value is -2.58. The summed E-state index contributed by atoms with van der Waals surface area (Å²) in [6, 6.07) is 10.2. The standard InChI is InChI=1S/C16H14ClN5O2S/c1-2-18-13(23)9-22-14(24)7-6-12(21-22)16-20-19-15(25-16)10-4-3-5-11(17)8-10/h3-8H,2,9H2,1H3,(H,18,23). The Kier molecular flexibility index (Phi) is 5.20. The zero-order chi connectivity index (χ0) is 17.8. The smallest absolute Gasteiger partial charge is 0.267 e. The molecule has 2 aromatic heterocycles. The molecule has 0 aliphatic rings. The van der Waals surface area contributed by atoms with E-state index in [1.54, 1.807) is 18.2 Å². The number of carbonyl (C=O) groups excluding carboxylic acids is 1. The Morgan fingerprint density at radius 1 is 1.24 bits per heavy atom. The molecule has 0 aliphatic heterocycles. The molecule has 3 rings (SSSR count). The predicted octanol–water partition coefficient (Wildman–Crippen LogP) is 2.22. The normalized spacial score (nSPS) is 10.6. The first-order valence-electron chi connectivity index (χ1n) is 7.51. The van der Waals surface area contributed by atoms with Crippen LogP contribution in [-0.2, 0) is 11.3 Å². The summed E-state index contributed by atoms with van der Waals surface area (Å²) in [5.74, 6) is -0.272. The van der Waals surface area contributed by atoms with Crippen LogP contribution in [0.3, 0.4) is 0 Å². The molecule has 7 nitrogen and oxygen atoms in total. The Morgan fingerprint density at radius 2 is 2.04 bits per heavy atom. The molecule has 0 unspecified atom stereocenters. The summed E-state index contributed by atoms with van der Waals surface area (Å²) >= 11 is 7.33. The second kappa shape index (κ2) is 7.54. The highest BCUT2D eigenvalue weighted by Gasteiger charge is 2.12. The average Bonchev–Trinajstić information content (AvgIpc) is 3.07. The van der Waals surface area contributed by atoms with Crippen molar-refractivity contribution in [2.24, 2.45) is 0 Å². The maximum atomic E-state index is 11.9. The lowest BCUT2D eigenvalue weighted by atomic mass is 10.2. The second-order valence-electron chi connectivity index (χ2n) is 5.09. The van der Waals surface area contributed by atoms with Crippen LogP contribution >= 0.6 is 22.9 Å². The van der Waals surface area contributed by atoms with Crippen LogP contribution in [-0.4, -0.2) is 32.4 Å². The molecule has 1 N–H and O–H groups in total. The molecule has 128 valence electrons. The van der Waals surface area contributed by atoms with Gasteiger partial charge >= 0.3 is 0 Å². The van der Waals surface area contributed by atoms with Gasteiger partial charge in [-0.25, -0.2) is 4.68 Å². The van der Waals surface area contributed by atoms with Crippen molar-refractivity contribution in [1.82, 2.24) is 25.3 Å². The first-order valence-corrected chi connectivity index (χ1v) is 8.71. The van der Waals surface area contributed by atoms with Gasteiger partial charge in [-0.15, -0.1) is 10.2 Å². The highest BCUT2D eigenvalue weighted by molar-refractivity contribution is 7.17. The lowest BCUT2D eigenvalue weighted by Crippen LogP contribution is -2.33. The third kappa shape index (κ3) is 4.09. The van der Waals surface area contributed by atoms with Crippen molar-refractivity contribution in [2.75, 3.05) is 6.54 Å². The summed E-state index contributed by atoms with van der Waals surface area (Å²) in [6.45, 7) is 2.16. The molecule has 1 aromatic carbocycles. The SMILES string of the molecule is CCNC(=O)Cn1nc(-c2nnc(-c3cccc(Cl)c3)s2)ccc1=O. The number of likely N-dealkylation sites (N-methyl/N-ethyl adjacent to an activating group) is 1. The van der Waals surface area contributed by atoms with Crippen molar-refractivity contribution in [2.45, 2.75) is 13.5 Å². The first-order chi connectivity index (χ1) is 12.1. The van der Waals surface area contributed by atoms with Crippen LogP contribution < -0.4 is 10.9 Å². The number of nitrogens with zero attached hydrogens (tertiary/aromatic N) is 4. The summed E-state index contributed by atoms with van der Waals surface area (Å²) < 4.78 is 1.11. The van der Waals surface area contributed by atoms with Gasteiger partial charge in [-0.3, -0.25) is 9.59 Å². The zero-order valence-electron chi connectivity index (χ0n) is 13.3. The topological polar surface area (TPSA) is 89.8 Å². The van der Waals surface area contributed by atoms with E-state index in [1.165, 1.54) is 17.4 Å². The second-order valence-corrected chi connectivity index (χ2v) is 6.50. The van der Waals surface area contributed by atoms with E-state index in [0.717, 1.165) is 10.2 Å². The maximum absolute atomic E-state index is 11.9. The van der Waals surface area contributed by atoms with Gasteiger partial charge < -0.3 is 5.32 Å². The summed E-state index contributed by atoms with van der Waals surface area (Å²) in [7, 11) is 0. The van der Waals surface area contributed by atoms with Gasteiger partial charge in [-0.2, -0.15) is 5.10 Å². The molecule has 1 amide bonds. The number of hydrogen-bond donors (Lipinski definition) is 1. The maximum Gasteiger partial charge on any atom is 0.267 e. The number of nitrogens with one attached hydrogen (secondary N) is 1. The number of amides is 1. The highest BCUT2D eigenvalue weighted by Crippen LogP contribution is 2.29. The van der Waals surface area contributed by atoms with E-state index in [0.29, 0.717) is 27.3 Å². The van der Waals surface area contributed by atoms with Crippen LogP contribution in [0.2, 0.25) is 5.02 Å². The van der Waals surface area contributed by atoms with E-state index in [2.05, 4.69) is 20.6 Å². The van der Waals surface area contributed by atoms with Gasteiger partial charge in [0.25, 0.3) is 5.56 Å². The summed E-state index contributed by atoms with van der Waals surface area (Å²) in [4.78, 5) is 23.6. The van der Waals surface area contributed by atoms with Gasteiger partial charge in [-0.05, 0) is 25.1 Å². The van der Waals surface area contributed by atoms with E-state index >= 15 is 0 Å². The fourth-order valence-electron chi connectivity index (χ4n) is 2.13. The molecule has 3 aromatic rings. The lowest BCUT2D eigenvalue weighted by Gasteiger charge is -2.05. The van der Waals surface area contributed by atoms with Crippen LogP contribution in [0, 0.1) is 0 Å². The molecule has 0 spiro atoms. The fourth-order valence-corrected chi connectivity index (χ4v) is 3.13. The molecule has 0 radical (unpaired) electrons. The number of halogens is 1. The molecule has 0 bridgehead atoms. The highest BCUT2D eigenvalue weighted by atomic mass is 35.5. The van der Waals surface area contributed by atoms with Crippen LogP contribution in [0.1, 0.15) is 6.92 Å². The van der Waals surface area contributed by atoms with Crippen molar-refractivity contribution < 1.29 is 4.79 Å². The third-order valence-electron chi connectivity index (χ3n) is 3.25. The third-order valence-corrected chi connectivity index (χ3v) is 4.48. The summed E-state index contributed by atoms with van der Waals surface area (Å²) in [5.41, 5.74) is 0.983. The minimum absolute atomic E-state index is 0.138. The van der Waals surface area contributed by atoms with E-state index in [-0.39, 0.29) is 18.0 Å². The minimum Gasteiger partial charge on any atom is -0.355 e. The van der Waals surface area contributed by atoms with Crippen molar-refractivity contribution in [3.63, 3.8) is 0 Å². The Labute approximate surface area is 152 Å². The Balaban J connectivity index is 1.90. The van der Waals surface area contributed by atoms with Crippen molar-refractivity contribution >= 4 is 28.8 Å². The van der Waals surface area contributed by atoms with Gasteiger partial charge in [0.15, 0.2) is 5.01 Å². The molecular formula is C16H14ClN5O2S. The number of carbonyl (C=O) groups is 1. The lowest BCUT2D eigenvalue weighted by molar-refractivity contribution is -0.121. The molecule has 0 saturated carbocycles. The van der Waals surface area contributed by atoms with Gasteiger partial charge in [-0.1, -0.05) is 35.1 Å². The van der Waals surface area contributed by atoms with Crippen molar-refractivity contribution in [3.05, 3.63) is 51.8 Å². The van der Waals surface area contributed by atoms with Gasteiger partial charge in [0.1, 0.15) is 17.2 Å². The van der Waals surface area contributed by atoms with Crippen molar-refractivity contribution in [3.8, 4) is 21.3 Å². The molecule has 9 heteroatoms. The van der Waals surface area contributed by atoms with Gasteiger partial charge in [0.2, 0.25) is 5.91 Å². The number of benzene rings is 1. The Bertz CT molecular complexity index is 969. The van der Waals surface area contributed by atoms with E-state index in [4.69, 9.17) is 11.6 Å². The zero-order valence-corrected chi connectivity index (χ0v) is 14.8. The first kappa shape index (κ1) is 17.2. The molecule has 0 aliphatic carbocycles. The molecular weight excluding hydrogens is 362 g/mol. The molecule has 2 heterocycles. The number of rotatable bonds is 5. The van der Waals surface area contributed by atoms with E-state index in [9.17, 15) is 9.59 Å². The predicted molar refractivity (Wildman–Crippen MR) is 96.5 cm³/mol. The van der Waals surface area contributed by atoms with E-state index < -0.39 is 0 Å². The van der Waals surface area contributed by atoms with Crippen LogP contribution in [0.5, 0.6) is 0 Å². The van der Waals surface area contributed by atoms with Crippen LogP contribution in [0.4, 0.5) is 0 Å². The van der Waals surface area contributed by atoms with Crippen LogP contribution in [0.25, 0.3) is 21.3 Å². The van der Waals surface area contributed by atoms with Gasteiger partial charge in [0, 0.05) is 23.2 Å². The minimum atomic E-state index is -0.352. The van der Waals surface area contributed by atoms with E-state index in [1.807, 2.05) is 19.1 Å². The van der Waals surface area contributed by atoms with Crippen molar-refractivity contribution in [1.29, 1.82) is 0 Å².